The zero-order chi connectivity index (χ0) is 13.1. The second-order valence-electron chi connectivity index (χ2n) is 4.61. The molecule has 4 nitrogen and oxygen atoms in total. The van der Waals surface area contributed by atoms with Gasteiger partial charge < -0.3 is 10.0 Å². The highest BCUT2D eigenvalue weighted by Crippen LogP contribution is 2.34. The standard InChI is InChI=1S/C13H17ClN2O2/c1-2-3-6-16(10-4-5-10)12-11(14)7-9(8-15-12)13(17)18/h7-8,10H,2-6H2,1H3,(H,17,18). The van der Waals surface area contributed by atoms with Crippen molar-refractivity contribution in [2.24, 2.45) is 0 Å². The van der Waals surface area contributed by atoms with Gasteiger partial charge in [0.15, 0.2) is 0 Å². The number of carboxylic acid groups (broad SMARTS) is 1. The summed E-state index contributed by atoms with van der Waals surface area (Å²) in [5.74, 6) is -0.278. The van der Waals surface area contributed by atoms with Gasteiger partial charge in [0, 0.05) is 18.8 Å². The lowest BCUT2D eigenvalue weighted by Crippen LogP contribution is -2.28. The number of nitrogens with zero attached hydrogens (tertiary/aromatic N) is 2. The predicted molar refractivity (Wildman–Crippen MR) is 71.5 cm³/mol. The van der Waals surface area contributed by atoms with Crippen LogP contribution in [0.1, 0.15) is 43.0 Å². The molecular weight excluding hydrogens is 252 g/mol. The monoisotopic (exact) mass is 268 g/mol. The third-order valence-electron chi connectivity index (χ3n) is 3.08. The van der Waals surface area contributed by atoms with Gasteiger partial charge in [0.1, 0.15) is 5.82 Å². The summed E-state index contributed by atoms with van der Waals surface area (Å²) in [5.41, 5.74) is 0.134. The number of rotatable bonds is 6. The molecule has 2 rings (SSSR count). The van der Waals surface area contributed by atoms with Crippen molar-refractivity contribution in [3.63, 3.8) is 0 Å². The molecule has 0 aliphatic heterocycles. The van der Waals surface area contributed by atoms with Gasteiger partial charge in [-0.3, -0.25) is 0 Å². The Hall–Kier alpha value is -1.29. The molecule has 1 aliphatic rings. The summed E-state index contributed by atoms with van der Waals surface area (Å²) in [6.07, 6.45) is 5.93. The van der Waals surface area contributed by atoms with Crippen LogP contribution < -0.4 is 4.90 Å². The smallest absolute Gasteiger partial charge is 0.337 e. The van der Waals surface area contributed by atoms with Crippen molar-refractivity contribution in [2.75, 3.05) is 11.4 Å². The quantitative estimate of drug-likeness (QED) is 0.861. The van der Waals surface area contributed by atoms with Crippen LogP contribution >= 0.6 is 11.6 Å². The van der Waals surface area contributed by atoms with E-state index in [0.29, 0.717) is 11.1 Å². The summed E-state index contributed by atoms with van der Waals surface area (Å²) in [7, 11) is 0. The van der Waals surface area contributed by atoms with Gasteiger partial charge in [-0.15, -0.1) is 0 Å². The zero-order valence-corrected chi connectivity index (χ0v) is 11.2. The molecule has 1 N–H and O–H groups in total. The SMILES string of the molecule is CCCCN(c1ncc(C(=O)O)cc1Cl)C1CC1. The maximum absolute atomic E-state index is 10.8. The second-order valence-corrected chi connectivity index (χ2v) is 5.02. The van der Waals surface area contributed by atoms with E-state index in [0.717, 1.165) is 25.2 Å². The summed E-state index contributed by atoms with van der Waals surface area (Å²) in [4.78, 5) is 17.3. The summed E-state index contributed by atoms with van der Waals surface area (Å²) < 4.78 is 0. The topological polar surface area (TPSA) is 53.4 Å². The number of carbonyl (C=O) groups is 1. The Bertz CT molecular complexity index is 447. The Labute approximate surface area is 112 Å². The van der Waals surface area contributed by atoms with Crippen LogP contribution in [-0.2, 0) is 0 Å². The normalized spacial score (nSPS) is 14.6. The first-order valence-corrected chi connectivity index (χ1v) is 6.66. The molecule has 0 unspecified atom stereocenters. The number of hydrogen-bond acceptors (Lipinski definition) is 3. The third kappa shape index (κ3) is 2.93. The molecule has 0 saturated heterocycles. The maximum atomic E-state index is 10.8. The molecule has 0 aromatic carbocycles. The Morgan fingerprint density at radius 3 is 2.83 bits per heavy atom. The average molecular weight is 269 g/mol. The highest BCUT2D eigenvalue weighted by Gasteiger charge is 2.30. The molecule has 0 radical (unpaired) electrons. The Morgan fingerprint density at radius 2 is 2.33 bits per heavy atom. The molecule has 1 saturated carbocycles. The van der Waals surface area contributed by atoms with Crippen LogP contribution in [0.2, 0.25) is 5.02 Å². The fraction of sp³-hybridized carbons (Fsp3) is 0.538. The maximum Gasteiger partial charge on any atom is 0.337 e. The van der Waals surface area contributed by atoms with E-state index in [1.54, 1.807) is 0 Å². The van der Waals surface area contributed by atoms with Gasteiger partial charge in [-0.1, -0.05) is 24.9 Å². The van der Waals surface area contributed by atoms with E-state index in [2.05, 4.69) is 16.8 Å². The molecule has 0 atom stereocenters. The van der Waals surface area contributed by atoms with Gasteiger partial charge in [-0.25, -0.2) is 9.78 Å². The van der Waals surface area contributed by atoms with Gasteiger partial charge >= 0.3 is 5.97 Å². The van der Waals surface area contributed by atoms with E-state index in [1.807, 2.05) is 0 Å². The van der Waals surface area contributed by atoms with E-state index >= 15 is 0 Å². The van der Waals surface area contributed by atoms with E-state index in [1.165, 1.54) is 25.1 Å². The molecule has 1 heterocycles. The number of unbranched alkanes of at least 4 members (excludes halogenated alkanes) is 1. The molecule has 1 fully saturated rings. The number of hydrogen-bond donors (Lipinski definition) is 1. The van der Waals surface area contributed by atoms with E-state index < -0.39 is 5.97 Å². The van der Waals surface area contributed by atoms with Crippen molar-refractivity contribution in [3.05, 3.63) is 22.8 Å². The summed E-state index contributed by atoms with van der Waals surface area (Å²) >= 11 is 6.15. The minimum atomic E-state index is -0.998. The lowest BCUT2D eigenvalue weighted by Gasteiger charge is -2.24. The number of aromatic nitrogens is 1. The van der Waals surface area contributed by atoms with Crippen LogP contribution in [0, 0.1) is 0 Å². The Balaban J connectivity index is 2.21. The zero-order valence-electron chi connectivity index (χ0n) is 10.4. The number of aromatic carboxylic acids is 1. The van der Waals surface area contributed by atoms with Crippen molar-refractivity contribution < 1.29 is 9.90 Å². The van der Waals surface area contributed by atoms with Crippen LogP contribution in [0.15, 0.2) is 12.3 Å². The van der Waals surface area contributed by atoms with E-state index in [9.17, 15) is 4.79 Å². The second kappa shape index (κ2) is 5.57. The van der Waals surface area contributed by atoms with Gasteiger partial charge in [-0.2, -0.15) is 0 Å². The Kier molecular flexibility index (Phi) is 4.07. The molecule has 0 bridgehead atoms. The van der Waals surface area contributed by atoms with E-state index in [-0.39, 0.29) is 5.56 Å². The fourth-order valence-electron chi connectivity index (χ4n) is 1.94. The fourth-order valence-corrected chi connectivity index (χ4v) is 2.21. The average Bonchev–Trinajstić information content (AvgIpc) is 3.15. The van der Waals surface area contributed by atoms with Crippen molar-refractivity contribution in [1.82, 2.24) is 4.98 Å². The van der Waals surface area contributed by atoms with Gasteiger partial charge in [0.05, 0.1) is 10.6 Å². The summed E-state index contributed by atoms with van der Waals surface area (Å²) in [5, 5.41) is 9.32. The number of anilines is 1. The molecule has 18 heavy (non-hydrogen) atoms. The summed E-state index contributed by atoms with van der Waals surface area (Å²) in [6, 6.07) is 2.00. The van der Waals surface area contributed by atoms with Crippen molar-refractivity contribution >= 4 is 23.4 Å². The predicted octanol–water partition coefficient (Wildman–Crippen LogP) is 3.20. The van der Waals surface area contributed by atoms with Gasteiger partial charge in [0.25, 0.3) is 0 Å². The van der Waals surface area contributed by atoms with Crippen LogP contribution in [0.4, 0.5) is 5.82 Å². The molecule has 0 amide bonds. The van der Waals surface area contributed by atoms with Crippen LogP contribution in [0.5, 0.6) is 0 Å². The highest BCUT2D eigenvalue weighted by atomic mass is 35.5. The molecule has 5 heteroatoms. The molecule has 1 aromatic heterocycles. The van der Waals surface area contributed by atoms with Crippen LogP contribution in [-0.4, -0.2) is 28.6 Å². The third-order valence-corrected chi connectivity index (χ3v) is 3.36. The van der Waals surface area contributed by atoms with Gasteiger partial charge in [0.2, 0.25) is 0 Å². The van der Waals surface area contributed by atoms with Crippen molar-refractivity contribution in [1.29, 1.82) is 0 Å². The number of halogens is 1. The first-order valence-electron chi connectivity index (χ1n) is 6.29. The number of carboxylic acids is 1. The first-order chi connectivity index (χ1) is 8.63. The largest absolute Gasteiger partial charge is 0.478 e. The van der Waals surface area contributed by atoms with Crippen LogP contribution in [0.3, 0.4) is 0 Å². The minimum Gasteiger partial charge on any atom is -0.478 e. The van der Waals surface area contributed by atoms with E-state index in [4.69, 9.17) is 16.7 Å². The molecule has 1 aromatic rings. The lowest BCUT2D eigenvalue weighted by molar-refractivity contribution is 0.0696. The highest BCUT2D eigenvalue weighted by molar-refractivity contribution is 6.33. The molecule has 1 aliphatic carbocycles. The number of pyridine rings is 1. The van der Waals surface area contributed by atoms with Crippen molar-refractivity contribution in [3.8, 4) is 0 Å². The van der Waals surface area contributed by atoms with Crippen molar-refractivity contribution in [2.45, 2.75) is 38.6 Å². The first kappa shape index (κ1) is 13.1. The van der Waals surface area contributed by atoms with Gasteiger partial charge in [-0.05, 0) is 25.3 Å². The minimum absolute atomic E-state index is 0.134. The summed E-state index contributed by atoms with van der Waals surface area (Å²) in [6.45, 7) is 3.08. The van der Waals surface area contributed by atoms with Crippen LogP contribution in [0.25, 0.3) is 0 Å². The molecule has 0 spiro atoms. The Morgan fingerprint density at radius 1 is 1.61 bits per heavy atom. The lowest BCUT2D eigenvalue weighted by atomic mass is 10.2. The molecule has 98 valence electrons. The molecular formula is C13H17ClN2O2.